The highest BCUT2D eigenvalue weighted by atomic mass is 16.5. The van der Waals surface area contributed by atoms with E-state index in [2.05, 4.69) is 15.5 Å². The van der Waals surface area contributed by atoms with E-state index in [9.17, 15) is 4.79 Å². The Balaban J connectivity index is 1.42. The van der Waals surface area contributed by atoms with E-state index < -0.39 is 0 Å². The van der Waals surface area contributed by atoms with Crippen LogP contribution in [0, 0.1) is 19.8 Å². The van der Waals surface area contributed by atoms with E-state index >= 15 is 0 Å². The van der Waals surface area contributed by atoms with Crippen LogP contribution >= 0.6 is 0 Å². The van der Waals surface area contributed by atoms with Crippen LogP contribution in [0.2, 0.25) is 0 Å². The molecule has 0 radical (unpaired) electrons. The van der Waals surface area contributed by atoms with Crippen LogP contribution in [0.25, 0.3) is 0 Å². The fourth-order valence-electron chi connectivity index (χ4n) is 4.13. The molecule has 0 spiro atoms. The summed E-state index contributed by atoms with van der Waals surface area (Å²) in [5, 5.41) is 6.80. The van der Waals surface area contributed by atoms with E-state index in [-0.39, 0.29) is 5.91 Å². The van der Waals surface area contributed by atoms with Gasteiger partial charge in [0.25, 0.3) is 5.91 Å². The van der Waals surface area contributed by atoms with Crippen molar-refractivity contribution in [1.29, 1.82) is 0 Å². The molecule has 2 heterocycles. The number of amides is 1. The molecule has 180 valence electrons. The number of carbonyl (C=O) groups excluding carboxylic acids is 1. The Bertz CT molecular complexity index is 1100. The van der Waals surface area contributed by atoms with Gasteiger partial charge < -0.3 is 24.1 Å². The minimum absolute atomic E-state index is 0.290. The number of aryl methyl sites for hydroxylation is 2. The lowest BCUT2D eigenvalue weighted by molar-refractivity contribution is 0.102. The highest BCUT2D eigenvalue weighted by Gasteiger charge is 2.18. The van der Waals surface area contributed by atoms with E-state index in [4.69, 9.17) is 18.7 Å². The molecule has 0 atom stereocenters. The first-order valence-electron chi connectivity index (χ1n) is 11.7. The summed E-state index contributed by atoms with van der Waals surface area (Å²) in [5.41, 5.74) is 2.09. The van der Waals surface area contributed by atoms with Crippen molar-refractivity contribution in [3.05, 3.63) is 59.1 Å². The van der Waals surface area contributed by atoms with Crippen molar-refractivity contribution in [2.24, 2.45) is 5.92 Å². The average molecular weight is 466 g/mol. The van der Waals surface area contributed by atoms with Gasteiger partial charge in [-0.05, 0) is 62.9 Å². The number of aromatic nitrogens is 2. The third kappa shape index (κ3) is 5.68. The number of methoxy groups -OCH3 is 1. The summed E-state index contributed by atoms with van der Waals surface area (Å²) in [6, 6.07) is 8.68. The minimum atomic E-state index is -0.309. The molecular formula is C26H31N3O5. The molecule has 1 N–H and O–H groups in total. The number of carbonyl (C=O) groups is 1. The Morgan fingerprint density at radius 3 is 2.65 bits per heavy atom. The maximum atomic E-state index is 13.0. The van der Waals surface area contributed by atoms with Crippen molar-refractivity contribution < 1.29 is 23.5 Å². The van der Waals surface area contributed by atoms with E-state index in [0.717, 1.165) is 11.3 Å². The van der Waals surface area contributed by atoms with E-state index in [1.54, 1.807) is 30.5 Å². The maximum absolute atomic E-state index is 13.0. The van der Waals surface area contributed by atoms with Gasteiger partial charge in [0.15, 0.2) is 23.1 Å². The van der Waals surface area contributed by atoms with Gasteiger partial charge in [-0.1, -0.05) is 24.4 Å². The van der Waals surface area contributed by atoms with E-state index in [1.807, 2.05) is 19.9 Å². The van der Waals surface area contributed by atoms with Crippen LogP contribution in [-0.2, 0) is 6.61 Å². The Morgan fingerprint density at radius 1 is 1.09 bits per heavy atom. The minimum Gasteiger partial charge on any atom is -0.493 e. The van der Waals surface area contributed by atoms with Gasteiger partial charge in [-0.2, -0.15) is 0 Å². The van der Waals surface area contributed by atoms with Crippen molar-refractivity contribution in [1.82, 2.24) is 10.1 Å². The quantitative estimate of drug-likeness (QED) is 0.447. The second-order valence-corrected chi connectivity index (χ2v) is 8.58. The average Bonchev–Trinajstić information content (AvgIpc) is 3.19. The predicted octanol–water partition coefficient (Wildman–Crippen LogP) is 5.49. The van der Waals surface area contributed by atoms with Crippen LogP contribution < -0.4 is 19.5 Å². The summed E-state index contributed by atoms with van der Waals surface area (Å²) >= 11 is 0. The molecule has 1 fully saturated rings. The summed E-state index contributed by atoms with van der Waals surface area (Å²) in [7, 11) is 1.54. The number of rotatable bonds is 9. The smallest absolute Gasteiger partial charge is 0.257 e. The van der Waals surface area contributed by atoms with E-state index in [1.165, 1.54) is 39.2 Å². The highest BCUT2D eigenvalue weighted by molar-refractivity contribution is 6.04. The molecular weight excluding hydrogens is 434 g/mol. The molecule has 34 heavy (non-hydrogen) atoms. The van der Waals surface area contributed by atoms with Gasteiger partial charge in [-0.15, -0.1) is 0 Å². The SMILES string of the molecule is COc1cc(C(=O)Nc2ncccc2OCC2CCCCC2)ccc1OCc1c(C)noc1C. The number of ether oxygens (including phenoxy) is 3. The molecule has 0 unspecified atom stereocenters. The molecule has 8 heteroatoms. The summed E-state index contributed by atoms with van der Waals surface area (Å²) in [6.45, 7) is 4.64. The number of pyridine rings is 1. The Morgan fingerprint density at radius 2 is 1.91 bits per heavy atom. The molecule has 0 bridgehead atoms. The highest BCUT2D eigenvalue weighted by Crippen LogP contribution is 2.31. The van der Waals surface area contributed by atoms with Gasteiger partial charge in [-0.3, -0.25) is 4.79 Å². The fourth-order valence-corrected chi connectivity index (χ4v) is 4.13. The van der Waals surface area contributed by atoms with Gasteiger partial charge in [0.1, 0.15) is 12.4 Å². The van der Waals surface area contributed by atoms with Gasteiger partial charge in [0, 0.05) is 11.8 Å². The molecule has 1 saturated carbocycles. The zero-order chi connectivity index (χ0) is 23.9. The number of anilines is 1. The molecule has 8 nitrogen and oxygen atoms in total. The Hall–Kier alpha value is -3.55. The first-order valence-corrected chi connectivity index (χ1v) is 11.7. The van der Waals surface area contributed by atoms with Crippen LogP contribution in [0.5, 0.6) is 17.2 Å². The van der Waals surface area contributed by atoms with Gasteiger partial charge in [0.05, 0.1) is 25.0 Å². The molecule has 0 saturated heterocycles. The molecule has 1 aliphatic rings. The number of nitrogens with zero attached hydrogens (tertiary/aromatic N) is 2. The van der Waals surface area contributed by atoms with Crippen LogP contribution in [0.15, 0.2) is 41.1 Å². The topological polar surface area (TPSA) is 95.7 Å². The normalized spacial score (nSPS) is 14.0. The lowest BCUT2D eigenvalue weighted by atomic mass is 9.90. The molecule has 1 aliphatic carbocycles. The molecule has 1 aromatic carbocycles. The van der Waals surface area contributed by atoms with Crippen molar-refractivity contribution >= 4 is 11.7 Å². The number of benzene rings is 1. The van der Waals surface area contributed by atoms with Gasteiger partial charge >= 0.3 is 0 Å². The van der Waals surface area contributed by atoms with E-state index in [0.29, 0.717) is 53.5 Å². The zero-order valence-corrected chi connectivity index (χ0v) is 19.9. The van der Waals surface area contributed by atoms with Crippen molar-refractivity contribution in [2.45, 2.75) is 52.6 Å². The number of nitrogens with one attached hydrogen (secondary N) is 1. The summed E-state index contributed by atoms with van der Waals surface area (Å²) in [6.07, 6.45) is 7.82. The van der Waals surface area contributed by atoms with Crippen LogP contribution in [0.4, 0.5) is 5.82 Å². The maximum Gasteiger partial charge on any atom is 0.257 e. The lowest BCUT2D eigenvalue weighted by Gasteiger charge is -2.22. The lowest BCUT2D eigenvalue weighted by Crippen LogP contribution is -2.18. The first kappa shape index (κ1) is 23.6. The zero-order valence-electron chi connectivity index (χ0n) is 19.9. The van der Waals surface area contributed by atoms with Crippen molar-refractivity contribution in [2.75, 3.05) is 19.0 Å². The van der Waals surface area contributed by atoms with Crippen molar-refractivity contribution in [3.63, 3.8) is 0 Å². The summed E-state index contributed by atoms with van der Waals surface area (Å²) in [4.78, 5) is 17.3. The van der Waals surface area contributed by atoms with Gasteiger partial charge in [0.2, 0.25) is 0 Å². The molecule has 0 aliphatic heterocycles. The van der Waals surface area contributed by atoms with Crippen molar-refractivity contribution in [3.8, 4) is 17.2 Å². The standard InChI is InChI=1S/C26H31N3O5/c1-17-21(18(2)34-29-17)16-33-22-12-11-20(14-24(22)31-3)26(30)28-25-23(10-7-13-27-25)32-15-19-8-5-4-6-9-19/h7,10-14,19H,4-6,8-9,15-16H2,1-3H3,(H,27,28,30). The second kappa shape index (κ2) is 11.0. The summed E-state index contributed by atoms with van der Waals surface area (Å²) in [5.74, 6) is 2.91. The molecule has 3 aromatic rings. The van der Waals surface area contributed by atoms with Crippen LogP contribution in [0.1, 0.15) is 59.5 Å². The third-order valence-electron chi connectivity index (χ3n) is 6.18. The number of hydrogen-bond acceptors (Lipinski definition) is 7. The monoisotopic (exact) mass is 465 g/mol. The Labute approximate surface area is 199 Å². The van der Waals surface area contributed by atoms with Gasteiger partial charge in [-0.25, -0.2) is 4.98 Å². The Kier molecular flexibility index (Phi) is 7.67. The van der Waals surface area contributed by atoms with Crippen LogP contribution in [-0.4, -0.2) is 29.8 Å². The largest absolute Gasteiger partial charge is 0.493 e. The summed E-state index contributed by atoms with van der Waals surface area (Å²) < 4.78 is 22.6. The second-order valence-electron chi connectivity index (χ2n) is 8.58. The van der Waals surface area contributed by atoms with Crippen LogP contribution in [0.3, 0.4) is 0 Å². The third-order valence-corrected chi connectivity index (χ3v) is 6.18. The fraction of sp³-hybridized carbons (Fsp3) is 0.423. The number of hydrogen-bond donors (Lipinski definition) is 1. The predicted molar refractivity (Wildman–Crippen MR) is 128 cm³/mol. The first-order chi connectivity index (χ1) is 16.5. The molecule has 2 aromatic heterocycles. The molecule has 1 amide bonds. The molecule has 4 rings (SSSR count).